The minimum Gasteiger partial charge on any atom is -0.467 e. The van der Waals surface area contributed by atoms with E-state index in [1.807, 2.05) is 6.92 Å². The fraction of sp³-hybridized carbons (Fsp3) is 0.917. The number of rotatable bonds is 9. The first-order chi connectivity index (χ1) is 31.8. The summed E-state index contributed by atoms with van der Waals surface area (Å²) in [5, 5.41) is 119. The molecule has 3 aliphatic heterocycles. The van der Waals surface area contributed by atoms with Crippen LogP contribution in [0.2, 0.25) is 0 Å². The number of carbonyl (C=O) groups excluding carboxylic acids is 2. The molecule has 3 saturated heterocycles. The molecule has 20 heteroatoms. The Bertz CT molecular complexity index is 1900. The van der Waals surface area contributed by atoms with E-state index in [2.05, 4.69) is 40.7 Å². The molecule has 388 valence electrons. The first-order valence-electron chi connectivity index (χ1n) is 24.4. The maximum Gasteiger partial charge on any atom is 0.337 e. The number of aliphatic hydroxyl groups is 11. The van der Waals surface area contributed by atoms with Crippen LogP contribution in [-0.4, -0.2) is 193 Å². The van der Waals surface area contributed by atoms with Crippen molar-refractivity contribution in [1.29, 1.82) is 0 Å². The maximum absolute atomic E-state index is 14.7. The third kappa shape index (κ3) is 8.03. The van der Waals surface area contributed by atoms with Crippen molar-refractivity contribution in [3.8, 4) is 0 Å². The smallest absolute Gasteiger partial charge is 0.337 e. The second-order valence-corrected chi connectivity index (χ2v) is 23.2. The lowest BCUT2D eigenvalue weighted by Gasteiger charge is -2.71. The molecule has 24 atom stereocenters. The molecule has 0 aromatic rings. The molecule has 4 saturated carbocycles. The molecular formula is C48H76O20. The normalized spacial score (nSPS) is 53.4. The third-order valence-corrected chi connectivity index (χ3v) is 19.2. The average molecular weight is 973 g/mol. The highest BCUT2D eigenvalue weighted by Crippen LogP contribution is 2.76. The molecule has 7 fully saturated rings. The van der Waals surface area contributed by atoms with Gasteiger partial charge in [0.1, 0.15) is 61.0 Å². The molecule has 0 unspecified atom stereocenters. The SMILES string of the molecule is COC(=O)[C@H]1O[C@@H](O[C@H]2[C@@H](O)C[C@@]3(C)[C@@H](CC[C@]4(C)[C@@H]3CC=C3[C@@H]5CC(C)(C)CC[C@]5(C(=O)O[C@@H]5O[C@H](CO)[C@@H](O)[C@H](O)[C@H]5O)CC[C@]34C)[C@]2(C)CO)[C@H](O)[C@@H](O)[C@@H]1O[C@@H]1OC[C@H](O)[C@H](O)[C@H]1O. The van der Waals surface area contributed by atoms with Crippen LogP contribution < -0.4 is 0 Å². The number of methoxy groups -OCH3 is 1. The van der Waals surface area contributed by atoms with Gasteiger partial charge in [-0.25, -0.2) is 4.79 Å². The van der Waals surface area contributed by atoms with Crippen LogP contribution >= 0.6 is 0 Å². The van der Waals surface area contributed by atoms with Crippen molar-refractivity contribution in [2.75, 3.05) is 26.9 Å². The van der Waals surface area contributed by atoms with Crippen molar-refractivity contribution in [3.05, 3.63) is 11.6 Å². The molecule has 20 nitrogen and oxygen atoms in total. The van der Waals surface area contributed by atoms with Crippen LogP contribution in [0.4, 0.5) is 0 Å². The zero-order valence-corrected chi connectivity index (χ0v) is 40.1. The standard InChI is InChI=1S/C48H76O20/c1-43(2)12-14-48(42(61)68-40-33(58)30(55)29(54)25(18-49)64-40)15-13-46(5)21(22(48)16-43)8-9-27-44(3)17-23(51)37(45(4,20-50)26(44)10-11-47(27,46)6)67-41-34(59)31(56)35(36(66-41)38(60)62-7)65-39-32(57)28(53)24(52)19-63-39/h8,22-37,39-41,49-59H,9-20H2,1-7H3/t22-,23-,24-,25+,26+,27+,28-,29+,30-,31+,32+,33+,34+,35-,36-,37-,39-,40-,41-,44-,45-,46+,47+,48-/m0/s1. The Kier molecular flexibility index (Phi) is 14.3. The summed E-state index contributed by atoms with van der Waals surface area (Å²) in [4.78, 5) is 27.8. The second-order valence-electron chi connectivity index (χ2n) is 23.2. The van der Waals surface area contributed by atoms with E-state index in [1.54, 1.807) is 0 Å². The highest BCUT2D eigenvalue weighted by atomic mass is 16.7. The van der Waals surface area contributed by atoms with Crippen molar-refractivity contribution in [3.63, 3.8) is 0 Å². The summed E-state index contributed by atoms with van der Waals surface area (Å²) in [7, 11) is 1.07. The third-order valence-electron chi connectivity index (χ3n) is 19.2. The van der Waals surface area contributed by atoms with Crippen molar-refractivity contribution in [1.82, 2.24) is 0 Å². The molecule has 0 bridgehead atoms. The number of carbonyl (C=O) groups is 2. The van der Waals surface area contributed by atoms with E-state index in [4.69, 9.17) is 33.2 Å². The number of fused-ring (bicyclic) bond motifs is 7. The van der Waals surface area contributed by atoms with Gasteiger partial charge >= 0.3 is 11.9 Å². The van der Waals surface area contributed by atoms with E-state index < -0.39 is 152 Å². The molecule has 8 aliphatic rings. The van der Waals surface area contributed by atoms with Crippen LogP contribution in [-0.2, 0) is 42.7 Å². The van der Waals surface area contributed by atoms with Crippen molar-refractivity contribution in [2.24, 2.45) is 50.2 Å². The maximum atomic E-state index is 14.7. The minimum atomic E-state index is -1.91. The predicted octanol–water partition coefficient (Wildman–Crippen LogP) is -1.10. The van der Waals surface area contributed by atoms with Gasteiger partial charge in [0, 0.05) is 5.41 Å². The fourth-order valence-corrected chi connectivity index (χ4v) is 15.0. The van der Waals surface area contributed by atoms with E-state index in [0.29, 0.717) is 44.9 Å². The number of allylic oxidation sites excluding steroid dienone is 2. The van der Waals surface area contributed by atoms with Gasteiger partial charge in [0.25, 0.3) is 0 Å². The van der Waals surface area contributed by atoms with Crippen LogP contribution in [0.3, 0.4) is 0 Å². The highest BCUT2D eigenvalue weighted by molar-refractivity contribution is 5.79. The molecule has 0 radical (unpaired) electrons. The van der Waals surface area contributed by atoms with Crippen LogP contribution in [0.15, 0.2) is 11.6 Å². The molecule has 0 aromatic carbocycles. The second kappa shape index (κ2) is 18.5. The Balaban J connectivity index is 1.05. The summed E-state index contributed by atoms with van der Waals surface area (Å²) in [6.45, 7) is 11.4. The number of esters is 2. The zero-order chi connectivity index (χ0) is 49.8. The lowest BCUT2D eigenvalue weighted by molar-refractivity contribution is -0.362. The number of hydrogen-bond acceptors (Lipinski definition) is 20. The van der Waals surface area contributed by atoms with Gasteiger partial charge in [-0.3, -0.25) is 4.79 Å². The average Bonchev–Trinajstić information content (AvgIpc) is 3.29. The van der Waals surface area contributed by atoms with E-state index in [1.165, 1.54) is 5.57 Å². The van der Waals surface area contributed by atoms with Gasteiger partial charge in [0.05, 0.1) is 44.6 Å². The largest absolute Gasteiger partial charge is 0.467 e. The molecule has 3 heterocycles. The Morgan fingerprint density at radius 3 is 2.03 bits per heavy atom. The summed E-state index contributed by atoms with van der Waals surface area (Å²) >= 11 is 0. The van der Waals surface area contributed by atoms with Gasteiger partial charge in [-0.1, -0.05) is 53.2 Å². The van der Waals surface area contributed by atoms with E-state index in [9.17, 15) is 65.8 Å². The van der Waals surface area contributed by atoms with E-state index in [0.717, 1.165) is 13.5 Å². The molecular weight excluding hydrogens is 897 g/mol. The summed E-state index contributed by atoms with van der Waals surface area (Å²) in [5.41, 5.74) is -2.44. The van der Waals surface area contributed by atoms with Crippen molar-refractivity contribution in [2.45, 2.75) is 198 Å². The first kappa shape index (κ1) is 52.4. The monoisotopic (exact) mass is 972 g/mol. The molecule has 11 N–H and O–H groups in total. The molecule has 0 aromatic heterocycles. The minimum absolute atomic E-state index is 0.0221. The van der Waals surface area contributed by atoms with Crippen molar-refractivity contribution < 1.29 is 98.9 Å². The fourth-order valence-electron chi connectivity index (χ4n) is 15.0. The van der Waals surface area contributed by atoms with Gasteiger partial charge in [0.15, 0.2) is 18.7 Å². The molecule has 5 aliphatic carbocycles. The summed E-state index contributed by atoms with van der Waals surface area (Å²) in [5.74, 6) is -2.09. The molecule has 68 heavy (non-hydrogen) atoms. The quantitative estimate of drug-likeness (QED) is 0.0743. The number of hydrogen-bond donors (Lipinski definition) is 11. The van der Waals surface area contributed by atoms with Gasteiger partial charge in [0.2, 0.25) is 6.29 Å². The molecule has 0 amide bonds. The van der Waals surface area contributed by atoms with Crippen LogP contribution in [0.5, 0.6) is 0 Å². The van der Waals surface area contributed by atoms with Crippen molar-refractivity contribution >= 4 is 11.9 Å². The molecule has 8 rings (SSSR count). The van der Waals surface area contributed by atoms with Crippen LogP contribution in [0.1, 0.15) is 99.3 Å². The van der Waals surface area contributed by atoms with Gasteiger partial charge in [-0.05, 0) is 97.2 Å². The Morgan fingerprint density at radius 2 is 1.37 bits per heavy atom. The van der Waals surface area contributed by atoms with E-state index >= 15 is 0 Å². The summed E-state index contributed by atoms with van der Waals surface area (Å²) in [6, 6.07) is 0. The van der Waals surface area contributed by atoms with Crippen LogP contribution in [0, 0.1) is 50.2 Å². The zero-order valence-electron chi connectivity index (χ0n) is 40.1. The predicted molar refractivity (Wildman–Crippen MR) is 232 cm³/mol. The molecule has 0 spiro atoms. The number of ether oxygens (including phenoxy) is 7. The Hall–Kier alpha value is -1.96. The topological polar surface area (TPSA) is 321 Å². The summed E-state index contributed by atoms with van der Waals surface area (Å²) < 4.78 is 40.0. The van der Waals surface area contributed by atoms with Gasteiger partial charge < -0.3 is 89.3 Å². The Labute approximate surface area is 396 Å². The highest BCUT2D eigenvalue weighted by Gasteiger charge is 2.71. The first-order valence-corrected chi connectivity index (χ1v) is 24.4. The van der Waals surface area contributed by atoms with Gasteiger partial charge in [-0.2, -0.15) is 0 Å². The lowest BCUT2D eigenvalue weighted by Crippen LogP contribution is -2.70. The summed E-state index contributed by atoms with van der Waals surface area (Å²) in [6.07, 6.45) is -18.3. The van der Waals surface area contributed by atoms with E-state index in [-0.39, 0.29) is 35.0 Å². The Morgan fingerprint density at radius 1 is 0.706 bits per heavy atom. The van der Waals surface area contributed by atoms with Crippen LogP contribution in [0.25, 0.3) is 0 Å². The lowest BCUT2D eigenvalue weighted by atomic mass is 9.33. The number of aliphatic hydroxyl groups excluding tert-OH is 11. The van der Waals surface area contributed by atoms with Gasteiger partial charge in [-0.15, -0.1) is 0 Å².